The lowest BCUT2D eigenvalue weighted by Crippen LogP contribution is -2.27. The van der Waals surface area contributed by atoms with Crippen molar-refractivity contribution in [2.75, 3.05) is 13.2 Å². The molecule has 0 aliphatic carbocycles. The van der Waals surface area contributed by atoms with Gasteiger partial charge < -0.3 is 9.84 Å². The van der Waals surface area contributed by atoms with Crippen LogP contribution in [0.3, 0.4) is 0 Å². The Bertz CT molecular complexity index is 424. The predicted octanol–water partition coefficient (Wildman–Crippen LogP) is 0.727. The lowest BCUT2D eigenvalue weighted by Gasteiger charge is -2.06. The minimum Gasteiger partial charge on any atom is -0.493 e. The standard InChI is InChI=1S/C11H12FNO5/c12-8-2-1-3-9(6-8)17-5-4-10(14)13-18-7-11(15)16/h1-3,6H,4-5,7H2,(H,13,14)(H,15,16). The van der Waals surface area contributed by atoms with E-state index in [0.717, 1.165) is 0 Å². The quantitative estimate of drug-likeness (QED) is 0.703. The van der Waals surface area contributed by atoms with Crippen LogP contribution in [0.4, 0.5) is 4.39 Å². The first-order valence-electron chi connectivity index (χ1n) is 5.08. The van der Waals surface area contributed by atoms with Gasteiger partial charge in [-0.1, -0.05) is 6.07 Å². The largest absolute Gasteiger partial charge is 0.493 e. The summed E-state index contributed by atoms with van der Waals surface area (Å²) in [6.07, 6.45) is -0.0316. The van der Waals surface area contributed by atoms with Crippen molar-refractivity contribution in [2.24, 2.45) is 0 Å². The first-order chi connectivity index (χ1) is 8.58. The van der Waals surface area contributed by atoms with Crippen LogP contribution in [0.5, 0.6) is 5.75 Å². The van der Waals surface area contributed by atoms with Gasteiger partial charge >= 0.3 is 5.97 Å². The summed E-state index contributed by atoms with van der Waals surface area (Å²) >= 11 is 0. The van der Waals surface area contributed by atoms with E-state index in [2.05, 4.69) is 4.84 Å². The number of rotatable bonds is 7. The van der Waals surface area contributed by atoms with E-state index in [1.807, 2.05) is 5.48 Å². The molecule has 0 saturated carbocycles. The Morgan fingerprint density at radius 3 is 2.83 bits per heavy atom. The Balaban J connectivity index is 2.17. The van der Waals surface area contributed by atoms with Crippen LogP contribution in [0.2, 0.25) is 0 Å². The van der Waals surface area contributed by atoms with Gasteiger partial charge in [-0.3, -0.25) is 9.63 Å². The molecular weight excluding hydrogens is 245 g/mol. The van der Waals surface area contributed by atoms with Crippen molar-refractivity contribution in [3.63, 3.8) is 0 Å². The second kappa shape index (κ2) is 7.23. The van der Waals surface area contributed by atoms with Gasteiger partial charge in [-0.05, 0) is 12.1 Å². The second-order valence-electron chi connectivity index (χ2n) is 3.26. The Labute approximate surface area is 102 Å². The molecule has 1 amide bonds. The van der Waals surface area contributed by atoms with E-state index in [1.165, 1.54) is 18.2 Å². The van der Waals surface area contributed by atoms with Crippen molar-refractivity contribution in [1.29, 1.82) is 0 Å². The zero-order valence-corrected chi connectivity index (χ0v) is 9.39. The number of carboxylic acid groups (broad SMARTS) is 1. The fraction of sp³-hybridized carbons (Fsp3) is 0.273. The molecule has 0 bridgehead atoms. The van der Waals surface area contributed by atoms with E-state index >= 15 is 0 Å². The molecule has 6 nitrogen and oxygen atoms in total. The van der Waals surface area contributed by atoms with Crippen LogP contribution in [0.25, 0.3) is 0 Å². The molecule has 18 heavy (non-hydrogen) atoms. The molecule has 0 aliphatic heterocycles. The van der Waals surface area contributed by atoms with Crippen LogP contribution in [-0.2, 0) is 14.4 Å². The molecule has 0 spiro atoms. The summed E-state index contributed by atoms with van der Waals surface area (Å²) < 4.78 is 17.9. The van der Waals surface area contributed by atoms with Crippen LogP contribution in [0.1, 0.15) is 6.42 Å². The van der Waals surface area contributed by atoms with Crippen molar-refractivity contribution >= 4 is 11.9 Å². The third kappa shape index (κ3) is 5.80. The van der Waals surface area contributed by atoms with Crippen LogP contribution >= 0.6 is 0 Å². The number of hydrogen-bond donors (Lipinski definition) is 2. The maximum absolute atomic E-state index is 12.8. The van der Waals surface area contributed by atoms with Crippen LogP contribution in [0, 0.1) is 5.82 Å². The number of carbonyl (C=O) groups is 2. The molecule has 0 saturated heterocycles. The Morgan fingerprint density at radius 1 is 1.39 bits per heavy atom. The number of amides is 1. The number of halogens is 1. The lowest BCUT2D eigenvalue weighted by molar-refractivity contribution is -0.149. The zero-order chi connectivity index (χ0) is 13.4. The molecule has 0 radical (unpaired) electrons. The number of ether oxygens (including phenoxy) is 1. The van der Waals surface area contributed by atoms with Gasteiger partial charge in [0.25, 0.3) is 0 Å². The summed E-state index contributed by atoms with van der Waals surface area (Å²) in [5, 5.41) is 8.24. The number of nitrogens with one attached hydrogen (secondary N) is 1. The molecular formula is C11H12FNO5. The fourth-order valence-corrected chi connectivity index (χ4v) is 1.05. The van der Waals surface area contributed by atoms with Gasteiger partial charge in [-0.2, -0.15) is 0 Å². The minimum absolute atomic E-state index is 0.0316. The van der Waals surface area contributed by atoms with E-state index in [0.29, 0.717) is 5.75 Å². The monoisotopic (exact) mass is 257 g/mol. The van der Waals surface area contributed by atoms with E-state index in [-0.39, 0.29) is 13.0 Å². The minimum atomic E-state index is -1.19. The number of hydrogen-bond acceptors (Lipinski definition) is 4. The summed E-state index contributed by atoms with van der Waals surface area (Å²) in [6, 6.07) is 5.51. The van der Waals surface area contributed by atoms with Crippen LogP contribution in [0.15, 0.2) is 24.3 Å². The molecule has 0 heterocycles. The van der Waals surface area contributed by atoms with Crippen LogP contribution < -0.4 is 10.2 Å². The summed E-state index contributed by atoms with van der Waals surface area (Å²) in [5.74, 6) is -1.82. The highest BCUT2D eigenvalue weighted by molar-refractivity contribution is 5.75. The second-order valence-corrected chi connectivity index (χ2v) is 3.26. The van der Waals surface area contributed by atoms with E-state index in [9.17, 15) is 14.0 Å². The molecule has 1 aromatic rings. The summed E-state index contributed by atoms with van der Waals surface area (Å²) in [4.78, 5) is 25.5. The van der Waals surface area contributed by atoms with Gasteiger partial charge in [0.05, 0.1) is 13.0 Å². The van der Waals surface area contributed by atoms with Gasteiger partial charge in [0.2, 0.25) is 5.91 Å². The van der Waals surface area contributed by atoms with Gasteiger partial charge in [0, 0.05) is 6.07 Å². The number of carboxylic acids is 1. The third-order valence-electron chi connectivity index (χ3n) is 1.78. The Kier molecular flexibility index (Phi) is 5.59. The SMILES string of the molecule is O=C(O)CONC(=O)CCOc1cccc(F)c1. The molecule has 0 aromatic heterocycles. The van der Waals surface area contributed by atoms with E-state index < -0.39 is 24.3 Å². The van der Waals surface area contributed by atoms with Crippen molar-refractivity contribution in [2.45, 2.75) is 6.42 Å². The highest BCUT2D eigenvalue weighted by Gasteiger charge is 2.04. The maximum atomic E-state index is 12.8. The van der Waals surface area contributed by atoms with Gasteiger partial charge in [0.1, 0.15) is 11.6 Å². The molecule has 0 unspecified atom stereocenters. The first kappa shape index (κ1) is 13.9. The fourth-order valence-electron chi connectivity index (χ4n) is 1.05. The lowest BCUT2D eigenvalue weighted by atomic mass is 10.3. The third-order valence-corrected chi connectivity index (χ3v) is 1.78. The molecule has 98 valence electrons. The van der Waals surface area contributed by atoms with Crippen LogP contribution in [-0.4, -0.2) is 30.2 Å². The van der Waals surface area contributed by atoms with E-state index in [4.69, 9.17) is 9.84 Å². The topological polar surface area (TPSA) is 84.9 Å². The smallest absolute Gasteiger partial charge is 0.332 e. The van der Waals surface area contributed by atoms with Crippen molar-refractivity contribution in [1.82, 2.24) is 5.48 Å². The van der Waals surface area contributed by atoms with Gasteiger partial charge in [-0.25, -0.2) is 14.7 Å². The van der Waals surface area contributed by atoms with Crippen molar-refractivity contribution in [3.8, 4) is 5.75 Å². The van der Waals surface area contributed by atoms with Gasteiger partial charge in [0.15, 0.2) is 6.61 Å². The summed E-state index contributed by atoms with van der Waals surface area (Å²) in [6.45, 7) is -0.581. The molecule has 2 N–H and O–H groups in total. The maximum Gasteiger partial charge on any atom is 0.332 e. The zero-order valence-electron chi connectivity index (χ0n) is 9.39. The van der Waals surface area contributed by atoms with E-state index in [1.54, 1.807) is 6.07 Å². The first-order valence-corrected chi connectivity index (χ1v) is 5.08. The van der Waals surface area contributed by atoms with Crippen molar-refractivity contribution < 1.29 is 28.7 Å². The normalized spacial score (nSPS) is 9.83. The predicted molar refractivity (Wildman–Crippen MR) is 58.2 cm³/mol. The average Bonchev–Trinajstić information content (AvgIpc) is 2.28. The highest BCUT2D eigenvalue weighted by atomic mass is 19.1. The number of benzene rings is 1. The summed E-state index contributed by atoms with van der Waals surface area (Å²) in [7, 11) is 0. The number of aliphatic carboxylic acids is 1. The molecule has 1 rings (SSSR count). The van der Waals surface area contributed by atoms with Crippen molar-refractivity contribution in [3.05, 3.63) is 30.1 Å². The number of hydroxylamine groups is 1. The number of carbonyl (C=O) groups excluding carboxylic acids is 1. The molecule has 0 aliphatic rings. The molecule has 0 atom stereocenters. The molecule has 0 fully saturated rings. The highest BCUT2D eigenvalue weighted by Crippen LogP contribution is 2.11. The molecule has 7 heteroatoms. The summed E-state index contributed by atoms with van der Waals surface area (Å²) in [5.41, 5.74) is 1.94. The average molecular weight is 257 g/mol. The Hall–Kier alpha value is -2.15. The Morgan fingerprint density at radius 2 is 2.17 bits per heavy atom. The molecule has 1 aromatic carbocycles. The van der Waals surface area contributed by atoms with Gasteiger partial charge in [-0.15, -0.1) is 0 Å².